The number of aromatic nitrogens is 2. The van der Waals surface area contributed by atoms with Crippen LogP contribution in [0, 0.1) is 6.92 Å². The molecule has 2 heterocycles. The van der Waals surface area contributed by atoms with E-state index in [4.69, 9.17) is 10.5 Å². The van der Waals surface area contributed by atoms with Crippen LogP contribution in [0.4, 0.5) is 11.6 Å². The molecule has 2 unspecified atom stereocenters. The summed E-state index contributed by atoms with van der Waals surface area (Å²) in [4.78, 5) is 8.37. The highest BCUT2D eigenvalue weighted by molar-refractivity contribution is 5.46. The lowest BCUT2D eigenvalue weighted by molar-refractivity contribution is 0.105. The summed E-state index contributed by atoms with van der Waals surface area (Å²) in [5.74, 6) is 1.94. The van der Waals surface area contributed by atoms with Gasteiger partial charge in [-0.15, -0.1) is 0 Å². The average Bonchev–Trinajstić information content (AvgIpc) is 2.44. The van der Waals surface area contributed by atoms with Crippen LogP contribution in [0.2, 0.25) is 0 Å². The Bertz CT molecular complexity index is 375. The van der Waals surface area contributed by atoms with E-state index < -0.39 is 0 Å². The fourth-order valence-corrected chi connectivity index (χ4v) is 1.95. The third kappa shape index (κ3) is 2.09. The summed E-state index contributed by atoms with van der Waals surface area (Å²) in [6.07, 6.45) is 1.14. The predicted molar refractivity (Wildman–Crippen MR) is 63.2 cm³/mol. The summed E-state index contributed by atoms with van der Waals surface area (Å²) in [7, 11) is 0. The molecule has 1 fully saturated rings. The highest BCUT2D eigenvalue weighted by Gasteiger charge is 2.37. The SMILES string of the molecule is Cc1nc(N)cc(NC2(C)CCOC2C)n1. The molecule has 88 valence electrons. The quantitative estimate of drug-likeness (QED) is 0.790. The van der Waals surface area contributed by atoms with Gasteiger partial charge in [0.2, 0.25) is 0 Å². The largest absolute Gasteiger partial charge is 0.384 e. The van der Waals surface area contributed by atoms with Gasteiger partial charge in [-0.1, -0.05) is 0 Å². The van der Waals surface area contributed by atoms with Gasteiger partial charge in [0.05, 0.1) is 11.6 Å². The Kier molecular flexibility index (Phi) is 2.71. The van der Waals surface area contributed by atoms with Crippen molar-refractivity contribution in [3.8, 4) is 0 Å². The first-order chi connectivity index (χ1) is 7.49. The second-order valence-corrected chi connectivity index (χ2v) is 4.53. The number of hydrogen-bond donors (Lipinski definition) is 2. The van der Waals surface area contributed by atoms with Gasteiger partial charge < -0.3 is 15.8 Å². The first-order valence-corrected chi connectivity index (χ1v) is 5.50. The Hall–Kier alpha value is -1.36. The van der Waals surface area contributed by atoms with E-state index in [0.717, 1.165) is 18.8 Å². The van der Waals surface area contributed by atoms with Gasteiger partial charge in [-0.2, -0.15) is 0 Å². The molecule has 5 heteroatoms. The first-order valence-electron chi connectivity index (χ1n) is 5.50. The standard InChI is InChI=1S/C11H18N4O/c1-7-11(3,4-5-16-7)15-10-6-9(12)13-8(2)14-10/h6-7H,4-5H2,1-3H3,(H3,12,13,14,15). The van der Waals surface area contributed by atoms with Crippen LogP contribution >= 0.6 is 0 Å². The monoisotopic (exact) mass is 222 g/mol. The third-order valence-electron chi connectivity index (χ3n) is 3.16. The van der Waals surface area contributed by atoms with Crippen molar-refractivity contribution in [2.45, 2.75) is 38.8 Å². The molecule has 0 spiro atoms. The van der Waals surface area contributed by atoms with Crippen molar-refractivity contribution in [3.05, 3.63) is 11.9 Å². The lowest BCUT2D eigenvalue weighted by atomic mass is 9.95. The van der Waals surface area contributed by atoms with Crippen LogP contribution in [0.3, 0.4) is 0 Å². The van der Waals surface area contributed by atoms with Crippen molar-refractivity contribution in [2.75, 3.05) is 17.7 Å². The summed E-state index contributed by atoms with van der Waals surface area (Å²) < 4.78 is 5.56. The molecule has 5 nitrogen and oxygen atoms in total. The molecule has 0 bridgehead atoms. The van der Waals surface area contributed by atoms with Crippen LogP contribution in [-0.2, 0) is 4.74 Å². The van der Waals surface area contributed by atoms with Gasteiger partial charge in [-0.05, 0) is 27.2 Å². The van der Waals surface area contributed by atoms with Gasteiger partial charge in [0.25, 0.3) is 0 Å². The Morgan fingerprint density at radius 1 is 1.56 bits per heavy atom. The summed E-state index contributed by atoms with van der Waals surface area (Å²) in [5.41, 5.74) is 5.61. The molecule has 0 saturated carbocycles. The lowest BCUT2D eigenvalue weighted by Crippen LogP contribution is -2.41. The molecule has 1 aromatic rings. The van der Waals surface area contributed by atoms with Crippen molar-refractivity contribution in [3.63, 3.8) is 0 Å². The molecule has 2 atom stereocenters. The predicted octanol–water partition coefficient (Wildman–Crippen LogP) is 1.35. The maximum absolute atomic E-state index is 5.69. The number of anilines is 2. The molecule has 1 aromatic heterocycles. The zero-order valence-corrected chi connectivity index (χ0v) is 9.95. The van der Waals surface area contributed by atoms with Crippen molar-refractivity contribution >= 4 is 11.6 Å². The number of nitrogens with one attached hydrogen (secondary N) is 1. The van der Waals surface area contributed by atoms with Crippen molar-refractivity contribution in [2.24, 2.45) is 0 Å². The lowest BCUT2D eigenvalue weighted by Gasteiger charge is -2.29. The van der Waals surface area contributed by atoms with Crippen LogP contribution in [0.1, 0.15) is 26.1 Å². The second-order valence-electron chi connectivity index (χ2n) is 4.53. The molecule has 2 rings (SSSR count). The second kappa shape index (κ2) is 3.90. The molecular weight excluding hydrogens is 204 g/mol. The van der Waals surface area contributed by atoms with Gasteiger partial charge in [-0.3, -0.25) is 0 Å². The maximum Gasteiger partial charge on any atom is 0.132 e. The number of rotatable bonds is 2. The van der Waals surface area contributed by atoms with E-state index in [1.807, 2.05) is 6.92 Å². The van der Waals surface area contributed by atoms with E-state index in [2.05, 4.69) is 29.1 Å². The number of nitrogens with two attached hydrogens (primary N) is 1. The topological polar surface area (TPSA) is 73.1 Å². The van der Waals surface area contributed by atoms with Gasteiger partial charge in [0, 0.05) is 12.7 Å². The third-order valence-corrected chi connectivity index (χ3v) is 3.16. The zero-order valence-electron chi connectivity index (χ0n) is 9.95. The summed E-state index contributed by atoms with van der Waals surface area (Å²) in [6.45, 7) is 6.82. The molecule has 16 heavy (non-hydrogen) atoms. The fourth-order valence-electron chi connectivity index (χ4n) is 1.95. The van der Waals surface area contributed by atoms with Crippen LogP contribution < -0.4 is 11.1 Å². The smallest absolute Gasteiger partial charge is 0.132 e. The number of ether oxygens (including phenoxy) is 1. The molecular formula is C11H18N4O. The van der Waals surface area contributed by atoms with Crippen molar-refractivity contribution < 1.29 is 4.74 Å². The molecule has 0 radical (unpaired) electrons. The number of nitrogen functional groups attached to an aromatic ring is 1. The van der Waals surface area contributed by atoms with Crippen LogP contribution in [0.15, 0.2) is 6.07 Å². The van der Waals surface area contributed by atoms with Crippen molar-refractivity contribution in [1.29, 1.82) is 0 Å². The van der Waals surface area contributed by atoms with E-state index in [1.54, 1.807) is 6.07 Å². The van der Waals surface area contributed by atoms with Crippen molar-refractivity contribution in [1.82, 2.24) is 9.97 Å². The van der Waals surface area contributed by atoms with E-state index >= 15 is 0 Å². The minimum absolute atomic E-state index is 0.0762. The minimum Gasteiger partial charge on any atom is -0.384 e. The van der Waals surface area contributed by atoms with Gasteiger partial charge >= 0.3 is 0 Å². The summed E-state index contributed by atoms with van der Waals surface area (Å²) >= 11 is 0. The molecule has 0 amide bonds. The Balaban J connectivity index is 2.20. The first kappa shape index (κ1) is 11.1. The average molecular weight is 222 g/mol. The van der Waals surface area contributed by atoms with Gasteiger partial charge in [-0.25, -0.2) is 9.97 Å². The summed E-state index contributed by atoms with van der Waals surface area (Å²) in [6, 6.07) is 1.75. The molecule has 0 aliphatic carbocycles. The Morgan fingerprint density at radius 3 is 2.88 bits per heavy atom. The zero-order chi connectivity index (χ0) is 11.8. The van der Waals surface area contributed by atoms with E-state index in [1.165, 1.54) is 0 Å². The van der Waals surface area contributed by atoms with Crippen LogP contribution in [0.5, 0.6) is 0 Å². The van der Waals surface area contributed by atoms with Gasteiger partial charge in [0.1, 0.15) is 17.5 Å². The molecule has 1 aliphatic heterocycles. The van der Waals surface area contributed by atoms with Gasteiger partial charge in [0.15, 0.2) is 0 Å². The number of nitrogens with zero attached hydrogens (tertiary/aromatic N) is 2. The van der Waals surface area contributed by atoms with E-state index in [0.29, 0.717) is 11.6 Å². The molecule has 0 aromatic carbocycles. The summed E-state index contributed by atoms with van der Waals surface area (Å²) in [5, 5.41) is 3.39. The van der Waals surface area contributed by atoms with E-state index in [9.17, 15) is 0 Å². The molecule has 3 N–H and O–H groups in total. The fraction of sp³-hybridized carbons (Fsp3) is 0.636. The number of hydrogen-bond acceptors (Lipinski definition) is 5. The van der Waals surface area contributed by atoms with E-state index in [-0.39, 0.29) is 11.6 Å². The van der Waals surface area contributed by atoms with Crippen LogP contribution in [0.25, 0.3) is 0 Å². The number of aryl methyl sites for hydroxylation is 1. The normalized spacial score (nSPS) is 29.3. The minimum atomic E-state index is -0.0762. The Morgan fingerprint density at radius 2 is 2.31 bits per heavy atom. The Labute approximate surface area is 95.4 Å². The highest BCUT2D eigenvalue weighted by atomic mass is 16.5. The molecule has 1 aliphatic rings. The van der Waals surface area contributed by atoms with Crippen LogP contribution in [-0.4, -0.2) is 28.2 Å². The molecule has 1 saturated heterocycles. The highest BCUT2D eigenvalue weighted by Crippen LogP contribution is 2.29. The maximum atomic E-state index is 5.69.